The van der Waals surface area contributed by atoms with Crippen LogP contribution in [0.1, 0.15) is 47.4 Å². The molecular formula is C24H22ClF4N3O3. The molecule has 2 amide bonds. The third-order valence-corrected chi connectivity index (χ3v) is 6.64. The minimum absolute atomic E-state index is 0.0712. The summed E-state index contributed by atoms with van der Waals surface area (Å²) in [6, 6.07) is 2.05. The Bertz CT molecular complexity index is 1170. The summed E-state index contributed by atoms with van der Waals surface area (Å²) < 4.78 is 60.2. The van der Waals surface area contributed by atoms with Crippen molar-refractivity contribution in [1.29, 1.82) is 0 Å². The molecular weight excluding hydrogens is 490 g/mol. The van der Waals surface area contributed by atoms with E-state index in [-0.39, 0.29) is 47.6 Å². The Hall–Kier alpha value is -2.98. The van der Waals surface area contributed by atoms with Gasteiger partial charge < -0.3 is 10.1 Å². The SMILES string of the molecule is C=C1[C@H](C)C[C@H](C(=O)N[C@@H](c2cc(F)c(Cl)cc2F)C2COC2)N1C(=O)c1ccnc(C(F)F)c1. The lowest BCUT2D eigenvalue weighted by Gasteiger charge is -2.36. The number of likely N-dealkylation sites (tertiary alicyclic amines) is 1. The predicted octanol–water partition coefficient (Wildman–Crippen LogP) is 4.82. The number of hydrogen-bond donors (Lipinski definition) is 1. The van der Waals surface area contributed by atoms with Gasteiger partial charge >= 0.3 is 0 Å². The van der Waals surface area contributed by atoms with Gasteiger partial charge in [0, 0.05) is 28.9 Å². The van der Waals surface area contributed by atoms with Crippen LogP contribution in [0.15, 0.2) is 42.7 Å². The number of ether oxygens (including phenoxy) is 1. The Labute approximate surface area is 203 Å². The highest BCUT2D eigenvalue weighted by atomic mass is 35.5. The van der Waals surface area contributed by atoms with E-state index in [1.807, 2.05) is 0 Å². The normalized spacial score (nSPS) is 21.2. The zero-order chi connectivity index (χ0) is 25.4. The van der Waals surface area contributed by atoms with Crippen LogP contribution in [0.5, 0.6) is 0 Å². The number of carbonyl (C=O) groups is 2. The van der Waals surface area contributed by atoms with Gasteiger partial charge in [-0.15, -0.1) is 0 Å². The standard InChI is InChI=1S/C24H22ClF4N3O3/c1-11-5-20(32(12(11)2)24(34)13-3-4-30-19(6-13)22(28)29)23(33)31-21(14-9-35-10-14)15-7-18(27)16(25)8-17(15)26/h3-4,6-8,11,14,20-22H,2,5,9-10H2,1H3,(H,31,33)/t11-,20-,21-/m1/s1. The largest absolute Gasteiger partial charge is 0.381 e. The molecule has 0 spiro atoms. The molecule has 35 heavy (non-hydrogen) atoms. The number of halogens is 5. The number of rotatable bonds is 6. The number of nitrogens with zero attached hydrogens (tertiary/aromatic N) is 2. The van der Waals surface area contributed by atoms with Crippen LogP contribution in [0.25, 0.3) is 0 Å². The van der Waals surface area contributed by atoms with E-state index in [4.69, 9.17) is 16.3 Å². The van der Waals surface area contributed by atoms with E-state index in [1.165, 1.54) is 6.07 Å². The molecule has 1 aromatic heterocycles. The molecule has 0 bridgehead atoms. The van der Waals surface area contributed by atoms with Gasteiger partial charge in [0.2, 0.25) is 5.91 Å². The fourth-order valence-corrected chi connectivity index (χ4v) is 4.42. The van der Waals surface area contributed by atoms with Crippen LogP contribution in [-0.2, 0) is 9.53 Å². The maximum absolute atomic E-state index is 14.7. The first-order chi connectivity index (χ1) is 16.6. The zero-order valence-electron chi connectivity index (χ0n) is 18.6. The monoisotopic (exact) mass is 511 g/mol. The summed E-state index contributed by atoms with van der Waals surface area (Å²) in [5.74, 6) is -3.51. The van der Waals surface area contributed by atoms with E-state index in [1.54, 1.807) is 6.92 Å². The fraction of sp³-hybridized carbons (Fsp3) is 0.375. The topological polar surface area (TPSA) is 71.5 Å². The lowest BCUT2D eigenvalue weighted by Crippen LogP contribution is -2.50. The minimum Gasteiger partial charge on any atom is -0.381 e. The number of alkyl halides is 2. The van der Waals surface area contributed by atoms with Gasteiger partial charge in [-0.05, 0) is 36.6 Å². The van der Waals surface area contributed by atoms with Crippen molar-refractivity contribution in [2.24, 2.45) is 11.8 Å². The van der Waals surface area contributed by atoms with Crippen LogP contribution in [0.3, 0.4) is 0 Å². The van der Waals surface area contributed by atoms with Gasteiger partial charge in [0.25, 0.3) is 12.3 Å². The van der Waals surface area contributed by atoms with Crippen molar-refractivity contribution >= 4 is 23.4 Å². The first-order valence-corrected chi connectivity index (χ1v) is 11.2. The summed E-state index contributed by atoms with van der Waals surface area (Å²) in [4.78, 5) is 31.4. The predicted molar refractivity (Wildman–Crippen MR) is 119 cm³/mol. The second-order valence-corrected chi connectivity index (χ2v) is 9.07. The Morgan fingerprint density at radius 1 is 1.23 bits per heavy atom. The van der Waals surface area contributed by atoms with E-state index < -0.39 is 47.7 Å². The van der Waals surface area contributed by atoms with Gasteiger partial charge in [-0.2, -0.15) is 0 Å². The quantitative estimate of drug-likeness (QED) is 0.446. The van der Waals surface area contributed by atoms with Gasteiger partial charge in [-0.1, -0.05) is 25.1 Å². The number of aromatic nitrogens is 1. The molecule has 0 aliphatic carbocycles. The van der Waals surface area contributed by atoms with Crippen LogP contribution in [0.2, 0.25) is 5.02 Å². The van der Waals surface area contributed by atoms with E-state index >= 15 is 0 Å². The molecule has 0 unspecified atom stereocenters. The molecule has 11 heteroatoms. The number of amides is 2. The van der Waals surface area contributed by atoms with Crippen LogP contribution >= 0.6 is 11.6 Å². The number of carbonyl (C=O) groups excluding carboxylic acids is 2. The average molecular weight is 512 g/mol. The molecule has 2 aliphatic rings. The lowest BCUT2D eigenvalue weighted by molar-refractivity contribution is -0.128. The summed E-state index contributed by atoms with van der Waals surface area (Å²) in [6.45, 7) is 6.12. The second-order valence-electron chi connectivity index (χ2n) is 8.66. The van der Waals surface area contributed by atoms with Gasteiger partial charge in [-0.25, -0.2) is 17.6 Å². The van der Waals surface area contributed by atoms with Crippen LogP contribution < -0.4 is 5.32 Å². The highest BCUT2D eigenvalue weighted by Gasteiger charge is 2.43. The van der Waals surface area contributed by atoms with Gasteiger partial charge in [0.05, 0.1) is 24.3 Å². The lowest BCUT2D eigenvalue weighted by atomic mass is 9.90. The summed E-state index contributed by atoms with van der Waals surface area (Å²) in [5.41, 5.74) is -0.386. The molecule has 2 saturated heterocycles. The highest BCUT2D eigenvalue weighted by molar-refractivity contribution is 6.30. The number of benzene rings is 1. The summed E-state index contributed by atoms with van der Waals surface area (Å²) in [7, 11) is 0. The van der Waals surface area contributed by atoms with Crippen molar-refractivity contribution in [1.82, 2.24) is 15.2 Å². The summed E-state index contributed by atoms with van der Waals surface area (Å²) in [6.07, 6.45) is -1.56. The molecule has 6 nitrogen and oxygen atoms in total. The number of nitrogens with one attached hydrogen (secondary N) is 1. The summed E-state index contributed by atoms with van der Waals surface area (Å²) >= 11 is 5.67. The molecule has 2 fully saturated rings. The molecule has 0 saturated carbocycles. The van der Waals surface area contributed by atoms with E-state index in [9.17, 15) is 27.2 Å². The van der Waals surface area contributed by atoms with E-state index in [2.05, 4.69) is 16.9 Å². The highest BCUT2D eigenvalue weighted by Crippen LogP contribution is 2.36. The Kier molecular flexibility index (Phi) is 7.14. The minimum atomic E-state index is -2.87. The van der Waals surface area contributed by atoms with Gasteiger partial charge in [-0.3, -0.25) is 19.5 Å². The maximum atomic E-state index is 14.7. The maximum Gasteiger partial charge on any atom is 0.280 e. The first-order valence-electron chi connectivity index (χ1n) is 10.9. The molecule has 1 aromatic carbocycles. The molecule has 4 rings (SSSR count). The third-order valence-electron chi connectivity index (χ3n) is 6.35. The molecule has 3 atom stereocenters. The third kappa shape index (κ3) is 4.90. The van der Waals surface area contributed by atoms with Gasteiger partial charge in [0.15, 0.2) is 0 Å². The van der Waals surface area contributed by atoms with Crippen molar-refractivity contribution in [3.63, 3.8) is 0 Å². The fourth-order valence-electron chi connectivity index (χ4n) is 4.27. The number of hydrogen-bond acceptors (Lipinski definition) is 4. The molecule has 1 N–H and O–H groups in total. The number of allylic oxidation sites excluding steroid dienone is 1. The molecule has 2 aromatic rings. The van der Waals surface area contributed by atoms with Crippen molar-refractivity contribution in [2.45, 2.75) is 31.9 Å². The smallest absolute Gasteiger partial charge is 0.280 e. The van der Waals surface area contributed by atoms with Crippen molar-refractivity contribution in [3.05, 3.63) is 76.2 Å². The van der Waals surface area contributed by atoms with Crippen molar-refractivity contribution < 1.29 is 31.9 Å². The van der Waals surface area contributed by atoms with Crippen LogP contribution in [-0.4, -0.2) is 41.0 Å². The van der Waals surface area contributed by atoms with Crippen LogP contribution in [0, 0.1) is 23.5 Å². The van der Waals surface area contributed by atoms with E-state index in [0.717, 1.165) is 29.3 Å². The van der Waals surface area contributed by atoms with E-state index in [0.29, 0.717) is 5.70 Å². The van der Waals surface area contributed by atoms with Crippen molar-refractivity contribution in [3.8, 4) is 0 Å². The van der Waals surface area contributed by atoms with Gasteiger partial charge in [0.1, 0.15) is 23.4 Å². The van der Waals surface area contributed by atoms with Crippen LogP contribution in [0.4, 0.5) is 17.6 Å². The summed E-state index contributed by atoms with van der Waals surface area (Å²) in [5, 5.41) is 2.35. The Morgan fingerprint density at radius 2 is 1.94 bits per heavy atom. The molecule has 2 aliphatic heterocycles. The Balaban J connectivity index is 1.62. The number of pyridine rings is 1. The molecule has 186 valence electrons. The second kappa shape index (κ2) is 9.94. The Morgan fingerprint density at radius 3 is 2.57 bits per heavy atom. The molecule has 0 radical (unpaired) electrons. The first kappa shape index (κ1) is 25.1. The van der Waals surface area contributed by atoms with Crippen molar-refractivity contribution in [2.75, 3.05) is 13.2 Å². The average Bonchev–Trinajstić information content (AvgIpc) is 3.08. The zero-order valence-corrected chi connectivity index (χ0v) is 19.4. The molecule has 3 heterocycles.